The van der Waals surface area contributed by atoms with E-state index in [4.69, 9.17) is 9.15 Å². The van der Waals surface area contributed by atoms with Crippen LogP contribution in [0.2, 0.25) is 0 Å². The van der Waals surface area contributed by atoms with Crippen LogP contribution in [0, 0.1) is 13.8 Å². The third-order valence-electron chi connectivity index (χ3n) is 5.80. The maximum Gasteiger partial charge on any atom is 0.375 e. The van der Waals surface area contributed by atoms with Crippen molar-refractivity contribution >= 4 is 38.6 Å². The molecule has 1 aliphatic rings. The third kappa shape index (κ3) is 4.79. The van der Waals surface area contributed by atoms with Gasteiger partial charge in [-0.3, -0.25) is 4.79 Å². The maximum atomic E-state index is 12.9. The fraction of sp³-hybridized carbons (Fsp3) is 0.333. The van der Waals surface area contributed by atoms with Crippen molar-refractivity contribution in [3.8, 4) is 0 Å². The number of amides is 1. The number of furan rings is 1. The highest BCUT2D eigenvalue weighted by atomic mass is 32.2. The van der Waals surface area contributed by atoms with E-state index in [0.29, 0.717) is 35.5 Å². The Morgan fingerprint density at radius 1 is 1.06 bits per heavy atom. The molecule has 1 saturated heterocycles. The number of hydrogen-bond donors (Lipinski definition) is 1. The number of anilines is 1. The van der Waals surface area contributed by atoms with Crippen molar-refractivity contribution < 1.29 is 27.2 Å². The molecule has 1 aliphatic heterocycles. The minimum absolute atomic E-state index is 0.0507. The third-order valence-corrected chi connectivity index (χ3v) is 7.69. The predicted molar refractivity (Wildman–Crippen MR) is 124 cm³/mol. The molecule has 0 atom stereocenters. The fourth-order valence-corrected chi connectivity index (χ4v) is 5.45. The Morgan fingerprint density at radius 2 is 1.79 bits per heavy atom. The molecule has 33 heavy (non-hydrogen) atoms. The number of nitrogens with zero attached hydrogens (tertiary/aromatic N) is 1. The van der Waals surface area contributed by atoms with E-state index < -0.39 is 28.5 Å². The molecule has 0 saturated carbocycles. The molecule has 1 fully saturated rings. The SMILES string of the molecule is Cc1ccc(S(=O)(=O)N2CCCCC2)cc1NC(=O)COC(=O)c1oc2ccccc2c1C. The van der Waals surface area contributed by atoms with E-state index in [1.165, 1.54) is 10.4 Å². The Balaban J connectivity index is 1.43. The molecule has 8 nitrogen and oxygen atoms in total. The Labute approximate surface area is 192 Å². The number of para-hydroxylation sites is 1. The second kappa shape index (κ2) is 9.36. The first-order valence-electron chi connectivity index (χ1n) is 10.8. The van der Waals surface area contributed by atoms with Crippen LogP contribution < -0.4 is 5.32 Å². The van der Waals surface area contributed by atoms with Crippen molar-refractivity contribution in [2.45, 2.75) is 38.0 Å². The summed E-state index contributed by atoms with van der Waals surface area (Å²) in [4.78, 5) is 25.0. The van der Waals surface area contributed by atoms with Crippen molar-refractivity contribution in [3.63, 3.8) is 0 Å². The Bertz CT molecular complexity index is 1310. The van der Waals surface area contributed by atoms with E-state index in [9.17, 15) is 18.0 Å². The maximum absolute atomic E-state index is 12.9. The molecular formula is C24H26N2O6S. The van der Waals surface area contributed by atoms with Gasteiger partial charge in [-0.25, -0.2) is 13.2 Å². The standard InChI is InChI=1S/C24H26N2O6S/c1-16-10-11-18(33(29,30)26-12-6-3-7-13-26)14-20(16)25-22(27)15-31-24(28)23-17(2)19-8-4-5-9-21(19)32-23/h4-5,8-11,14H,3,6-7,12-13,15H2,1-2H3,(H,25,27). The molecule has 1 aromatic heterocycles. The van der Waals surface area contributed by atoms with Gasteiger partial charge in [-0.2, -0.15) is 4.31 Å². The minimum atomic E-state index is -3.63. The summed E-state index contributed by atoms with van der Waals surface area (Å²) in [7, 11) is -3.63. The molecule has 9 heteroatoms. The minimum Gasteiger partial charge on any atom is -0.450 e. The number of carbonyl (C=O) groups excluding carboxylic acids is 2. The topological polar surface area (TPSA) is 106 Å². The molecule has 2 aromatic carbocycles. The summed E-state index contributed by atoms with van der Waals surface area (Å²) in [5.41, 5.74) is 2.26. The average molecular weight is 471 g/mol. The average Bonchev–Trinajstić information content (AvgIpc) is 3.16. The van der Waals surface area contributed by atoms with Crippen LogP contribution >= 0.6 is 0 Å². The number of ether oxygens (including phenoxy) is 1. The van der Waals surface area contributed by atoms with Crippen molar-refractivity contribution in [2.24, 2.45) is 0 Å². The molecule has 174 valence electrons. The van der Waals surface area contributed by atoms with Gasteiger partial charge in [0, 0.05) is 29.7 Å². The first-order chi connectivity index (χ1) is 15.8. The Kier molecular flexibility index (Phi) is 6.53. The second-order valence-corrected chi connectivity index (χ2v) is 10.1. The summed E-state index contributed by atoms with van der Waals surface area (Å²) in [6, 6.07) is 11.9. The number of sulfonamides is 1. The van der Waals surface area contributed by atoms with Gasteiger partial charge in [0.2, 0.25) is 15.8 Å². The van der Waals surface area contributed by atoms with Crippen molar-refractivity contribution in [1.29, 1.82) is 0 Å². The summed E-state index contributed by atoms with van der Waals surface area (Å²) in [6.45, 7) is 3.97. The quantitative estimate of drug-likeness (QED) is 0.546. The lowest BCUT2D eigenvalue weighted by Gasteiger charge is -2.26. The smallest absolute Gasteiger partial charge is 0.375 e. The van der Waals surface area contributed by atoms with Gasteiger partial charge < -0.3 is 14.5 Å². The van der Waals surface area contributed by atoms with Crippen molar-refractivity contribution in [2.75, 3.05) is 25.0 Å². The van der Waals surface area contributed by atoms with Gasteiger partial charge in [-0.15, -0.1) is 0 Å². The fourth-order valence-electron chi connectivity index (χ4n) is 3.90. The van der Waals surface area contributed by atoms with Gasteiger partial charge in [-0.05, 0) is 50.5 Å². The zero-order valence-corrected chi connectivity index (χ0v) is 19.4. The van der Waals surface area contributed by atoms with Gasteiger partial charge in [-0.1, -0.05) is 30.7 Å². The summed E-state index contributed by atoms with van der Waals surface area (Å²) in [5, 5.41) is 3.45. The van der Waals surface area contributed by atoms with Crippen LogP contribution in [0.5, 0.6) is 0 Å². The van der Waals surface area contributed by atoms with Crippen LogP contribution in [0.4, 0.5) is 5.69 Å². The molecule has 1 N–H and O–H groups in total. The van der Waals surface area contributed by atoms with Gasteiger partial charge >= 0.3 is 5.97 Å². The van der Waals surface area contributed by atoms with E-state index in [1.54, 1.807) is 38.1 Å². The molecule has 2 heterocycles. The number of rotatable bonds is 6. The van der Waals surface area contributed by atoms with Crippen molar-refractivity contribution in [3.05, 3.63) is 59.4 Å². The number of nitrogens with one attached hydrogen (secondary N) is 1. The van der Waals surface area contributed by atoms with Gasteiger partial charge in [0.1, 0.15) is 5.58 Å². The summed E-state index contributed by atoms with van der Waals surface area (Å²) >= 11 is 0. The van der Waals surface area contributed by atoms with Crippen LogP contribution in [0.15, 0.2) is 51.8 Å². The number of aryl methyl sites for hydroxylation is 2. The molecular weight excluding hydrogens is 444 g/mol. The van der Waals surface area contributed by atoms with Gasteiger partial charge in [0.15, 0.2) is 6.61 Å². The highest BCUT2D eigenvalue weighted by Crippen LogP contribution is 2.26. The van der Waals surface area contributed by atoms with Crippen LogP contribution in [0.1, 0.15) is 40.9 Å². The van der Waals surface area contributed by atoms with Crippen LogP contribution in [0.25, 0.3) is 11.0 Å². The molecule has 0 spiro atoms. The van der Waals surface area contributed by atoms with Crippen LogP contribution in [-0.2, 0) is 19.6 Å². The highest BCUT2D eigenvalue weighted by molar-refractivity contribution is 7.89. The number of fused-ring (bicyclic) bond motifs is 1. The molecule has 0 unspecified atom stereocenters. The predicted octanol–water partition coefficient (Wildman–Crippen LogP) is 4.02. The molecule has 1 amide bonds. The number of esters is 1. The Morgan fingerprint density at radius 3 is 2.52 bits per heavy atom. The lowest BCUT2D eigenvalue weighted by atomic mass is 10.1. The highest BCUT2D eigenvalue weighted by Gasteiger charge is 2.26. The molecule has 3 aromatic rings. The normalized spacial score (nSPS) is 14.8. The number of hydrogen-bond acceptors (Lipinski definition) is 6. The van der Waals surface area contributed by atoms with Crippen molar-refractivity contribution in [1.82, 2.24) is 4.31 Å². The Hall–Kier alpha value is -3.17. The number of carbonyl (C=O) groups is 2. The largest absolute Gasteiger partial charge is 0.450 e. The zero-order chi connectivity index (χ0) is 23.6. The first-order valence-corrected chi connectivity index (χ1v) is 12.3. The second-order valence-electron chi connectivity index (χ2n) is 8.12. The monoisotopic (exact) mass is 470 g/mol. The van der Waals surface area contributed by atoms with E-state index in [0.717, 1.165) is 24.6 Å². The molecule has 0 aliphatic carbocycles. The van der Waals surface area contributed by atoms with E-state index in [-0.39, 0.29) is 10.7 Å². The summed E-state index contributed by atoms with van der Waals surface area (Å²) in [6.07, 6.45) is 2.70. The zero-order valence-electron chi connectivity index (χ0n) is 18.6. The molecule has 4 rings (SSSR count). The molecule has 0 radical (unpaired) electrons. The lowest BCUT2D eigenvalue weighted by Crippen LogP contribution is -2.35. The summed E-state index contributed by atoms with van der Waals surface area (Å²) < 4.78 is 38.1. The number of piperidine rings is 1. The van der Waals surface area contributed by atoms with E-state index in [2.05, 4.69) is 5.32 Å². The number of benzene rings is 2. The summed E-state index contributed by atoms with van der Waals surface area (Å²) in [5.74, 6) is -1.26. The molecule has 0 bridgehead atoms. The lowest BCUT2D eigenvalue weighted by molar-refractivity contribution is -0.119. The first kappa shape index (κ1) is 23.0. The van der Waals surface area contributed by atoms with Crippen LogP contribution in [-0.4, -0.2) is 44.3 Å². The van der Waals surface area contributed by atoms with Gasteiger partial charge in [0.05, 0.1) is 4.90 Å². The van der Waals surface area contributed by atoms with E-state index >= 15 is 0 Å². The van der Waals surface area contributed by atoms with E-state index in [1.807, 2.05) is 12.1 Å². The van der Waals surface area contributed by atoms with Gasteiger partial charge in [0.25, 0.3) is 5.91 Å². The van der Waals surface area contributed by atoms with Crippen LogP contribution in [0.3, 0.4) is 0 Å².